The molecule has 1 aromatic carbocycles. The summed E-state index contributed by atoms with van der Waals surface area (Å²) in [7, 11) is 0. The lowest BCUT2D eigenvalue weighted by Gasteiger charge is -2.15. The van der Waals surface area contributed by atoms with E-state index in [1.165, 1.54) is 0 Å². The van der Waals surface area contributed by atoms with Gasteiger partial charge in [0, 0.05) is 48.9 Å². The van der Waals surface area contributed by atoms with Crippen LogP contribution in [0.1, 0.15) is 48.2 Å². The molecular weight excluding hydrogens is 400 g/mol. The summed E-state index contributed by atoms with van der Waals surface area (Å²) in [5.41, 5.74) is 3.87. The summed E-state index contributed by atoms with van der Waals surface area (Å²) in [6, 6.07) is 7.99. The summed E-state index contributed by atoms with van der Waals surface area (Å²) in [5.74, 6) is -2.76. The van der Waals surface area contributed by atoms with E-state index in [1.807, 2.05) is 24.3 Å². The number of fused-ring (bicyclic) bond motifs is 1. The Balaban J connectivity index is 1.38. The third-order valence-corrected chi connectivity index (χ3v) is 6.25. The van der Waals surface area contributed by atoms with Crippen molar-refractivity contribution in [2.75, 3.05) is 13.1 Å². The predicted molar refractivity (Wildman–Crippen MR) is 114 cm³/mol. The summed E-state index contributed by atoms with van der Waals surface area (Å²) in [6.45, 7) is 0.620. The van der Waals surface area contributed by atoms with E-state index in [0.29, 0.717) is 18.8 Å². The van der Waals surface area contributed by atoms with Gasteiger partial charge in [-0.05, 0) is 42.2 Å². The number of amides is 1. The minimum atomic E-state index is -2.60. The van der Waals surface area contributed by atoms with Gasteiger partial charge in [-0.3, -0.25) is 19.8 Å². The van der Waals surface area contributed by atoms with Gasteiger partial charge in [0.25, 0.3) is 11.8 Å². The van der Waals surface area contributed by atoms with Crippen LogP contribution in [0.5, 0.6) is 0 Å². The van der Waals surface area contributed by atoms with Crippen LogP contribution in [0.4, 0.5) is 8.78 Å². The number of aromatic amines is 1. The molecule has 2 aromatic heterocycles. The molecule has 2 aliphatic rings. The summed E-state index contributed by atoms with van der Waals surface area (Å²) >= 11 is 0. The molecule has 0 unspecified atom stereocenters. The van der Waals surface area contributed by atoms with Gasteiger partial charge in [0.15, 0.2) is 5.69 Å². The molecule has 0 radical (unpaired) electrons. The lowest BCUT2D eigenvalue weighted by molar-refractivity contribution is 0.0115. The van der Waals surface area contributed by atoms with E-state index in [-0.39, 0.29) is 24.9 Å². The molecule has 1 saturated carbocycles. The Morgan fingerprint density at radius 2 is 2.03 bits per heavy atom. The van der Waals surface area contributed by atoms with E-state index in [4.69, 9.17) is 0 Å². The first-order valence-corrected chi connectivity index (χ1v) is 10.8. The van der Waals surface area contributed by atoms with Crippen LogP contribution >= 0.6 is 0 Å². The fourth-order valence-corrected chi connectivity index (χ4v) is 4.62. The molecular formula is C23H25F2N5O. The molecule has 2 fully saturated rings. The van der Waals surface area contributed by atoms with Crippen molar-refractivity contribution in [2.24, 2.45) is 0 Å². The molecule has 0 bridgehead atoms. The van der Waals surface area contributed by atoms with E-state index in [0.717, 1.165) is 53.3 Å². The van der Waals surface area contributed by atoms with Gasteiger partial charge >= 0.3 is 0 Å². The normalized spacial score (nSPS) is 19.3. The zero-order valence-corrected chi connectivity index (χ0v) is 17.2. The van der Waals surface area contributed by atoms with Crippen LogP contribution in [0.15, 0.2) is 36.7 Å². The lowest BCUT2D eigenvalue weighted by Crippen LogP contribution is -2.32. The number of carbonyl (C=O) groups is 1. The van der Waals surface area contributed by atoms with Crippen LogP contribution in [-0.4, -0.2) is 51.0 Å². The van der Waals surface area contributed by atoms with Gasteiger partial charge in [-0.15, -0.1) is 0 Å². The lowest BCUT2D eigenvalue weighted by atomic mass is 10.0. The number of hydrogen-bond acceptors (Lipinski definition) is 4. The third-order valence-electron chi connectivity index (χ3n) is 6.25. The first-order chi connectivity index (χ1) is 15.0. The van der Waals surface area contributed by atoms with Gasteiger partial charge in [0.2, 0.25) is 0 Å². The molecule has 0 atom stereocenters. The van der Waals surface area contributed by atoms with Gasteiger partial charge in [0.05, 0.1) is 12.1 Å². The number of pyridine rings is 1. The topological polar surface area (TPSA) is 73.9 Å². The standard InChI is InChI=1S/C23H25F2N5O/c24-23(25)7-8-30(14-23)13-15-9-17(12-26-11-15)16-5-6-20-19(10-16)21(29-28-20)22(31)27-18-3-1-2-4-18/h5-6,9-12,18H,1-4,7-8,13-14H2,(H,27,31)(H,28,29). The number of alkyl halides is 2. The average Bonchev–Trinajstić information content (AvgIpc) is 3.48. The Bertz CT molecular complexity index is 1110. The Labute approximate surface area is 179 Å². The van der Waals surface area contributed by atoms with Crippen LogP contribution in [0, 0.1) is 0 Å². The van der Waals surface area contributed by atoms with Crippen LogP contribution in [0.3, 0.4) is 0 Å². The highest BCUT2D eigenvalue weighted by atomic mass is 19.3. The van der Waals surface area contributed by atoms with Crippen molar-refractivity contribution in [3.8, 4) is 11.1 Å². The maximum Gasteiger partial charge on any atom is 0.272 e. The Hall–Kier alpha value is -2.87. The molecule has 1 amide bonds. The molecule has 0 spiro atoms. The van der Waals surface area contributed by atoms with Crippen LogP contribution < -0.4 is 5.32 Å². The molecule has 1 aliphatic carbocycles. The number of benzene rings is 1. The molecule has 5 rings (SSSR count). The number of H-pyrrole nitrogens is 1. The molecule has 31 heavy (non-hydrogen) atoms. The summed E-state index contributed by atoms with van der Waals surface area (Å²) in [6.07, 6.45) is 7.70. The molecule has 3 aromatic rings. The smallest absolute Gasteiger partial charge is 0.272 e. The van der Waals surface area contributed by atoms with Crippen molar-refractivity contribution in [3.63, 3.8) is 0 Å². The van der Waals surface area contributed by atoms with Gasteiger partial charge < -0.3 is 5.32 Å². The van der Waals surface area contributed by atoms with E-state index in [1.54, 1.807) is 17.3 Å². The molecule has 6 nitrogen and oxygen atoms in total. The van der Waals surface area contributed by atoms with Gasteiger partial charge in [-0.25, -0.2) is 8.78 Å². The Morgan fingerprint density at radius 1 is 1.19 bits per heavy atom. The zero-order chi connectivity index (χ0) is 21.4. The monoisotopic (exact) mass is 425 g/mol. The largest absolute Gasteiger partial charge is 0.348 e. The second-order valence-corrected chi connectivity index (χ2v) is 8.69. The van der Waals surface area contributed by atoms with Crippen molar-refractivity contribution < 1.29 is 13.6 Å². The maximum atomic E-state index is 13.5. The quantitative estimate of drug-likeness (QED) is 0.644. The molecule has 3 heterocycles. The first-order valence-electron chi connectivity index (χ1n) is 10.8. The van der Waals surface area contributed by atoms with Crippen LogP contribution in [-0.2, 0) is 6.54 Å². The molecule has 2 N–H and O–H groups in total. The maximum absolute atomic E-state index is 13.5. The Morgan fingerprint density at radius 3 is 2.81 bits per heavy atom. The number of nitrogens with one attached hydrogen (secondary N) is 2. The Kier molecular flexibility index (Phi) is 5.17. The fourth-order valence-electron chi connectivity index (χ4n) is 4.62. The minimum Gasteiger partial charge on any atom is -0.348 e. The SMILES string of the molecule is O=C(NC1CCCC1)c1n[nH]c2ccc(-c3cncc(CN4CCC(F)(F)C4)c3)cc12. The first kappa shape index (κ1) is 20.1. The number of hydrogen-bond donors (Lipinski definition) is 2. The van der Waals surface area contributed by atoms with Gasteiger partial charge in [0.1, 0.15) is 0 Å². The molecule has 162 valence electrons. The van der Waals surface area contributed by atoms with Crippen LogP contribution in [0.25, 0.3) is 22.0 Å². The van der Waals surface area contributed by atoms with Crippen LogP contribution in [0.2, 0.25) is 0 Å². The number of halogens is 2. The summed E-state index contributed by atoms with van der Waals surface area (Å²) < 4.78 is 27.0. The van der Waals surface area contributed by atoms with E-state index in [2.05, 4.69) is 20.5 Å². The van der Waals surface area contributed by atoms with Crippen molar-refractivity contribution in [1.82, 2.24) is 25.4 Å². The molecule has 1 saturated heterocycles. The van der Waals surface area contributed by atoms with Crippen molar-refractivity contribution >= 4 is 16.8 Å². The zero-order valence-electron chi connectivity index (χ0n) is 17.2. The molecule has 8 heteroatoms. The predicted octanol–water partition coefficient (Wildman–Crippen LogP) is 4.14. The number of likely N-dealkylation sites (tertiary alicyclic amines) is 1. The second-order valence-electron chi connectivity index (χ2n) is 8.69. The average molecular weight is 425 g/mol. The highest BCUT2D eigenvalue weighted by molar-refractivity contribution is 6.05. The second kappa shape index (κ2) is 8.00. The molecule has 1 aliphatic heterocycles. The van der Waals surface area contributed by atoms with Crippen molar-refractivity contribution in [1.29, 1.82) is 0 Å². The highest BCUT2D eigenvalue weighted by Crippen LogP contribution is 2.29. The van der Waals surface area contributed by atoms with E-state index >= 15 is 0 Å². The summed E-state index contributed by atoms with van der Waals surface area (Å²) in [5, 5.41) is 11.0. The van der Waals surface area contributed by atoms with Crippen molar-refractivity contribution in [3.05, 3.63) is 47.9 Å². The number of carbonyl (C=O) groups excluding carboxylic acids is 1. The highest BCUT2D eigenvalue weighted by Gasteiger charge is 2.37. The van der Waals surface area contributed by atoms with Gasteiger partial charge in [-0.1, -0.05) is 18.9 Å². The van der Waals surface area contributed by atoms with E-state index < -0.39 is 5.92 Å². The van der Waals surface area contributed by atoms with Gasteiger partial charge in [-0.2, -0.15) is 5.10 Å². The van der Waals surface area contributed by atoms with E-state index in [9.17, 15) is 13.6 Å². The third kappa shape index (κ3) is 4.30. The number of rotatable bonds is 5. The fraction of sp³-hybridized carbons (Fsp3) is 0.435. The number of aromatic nitrogens is 3. The van der Waals surface area contributed by atoms with Crippen molar-refractivity contribution in [2.45, 2.75) is 50.6 Å². The minimum absolute atomic E-state index is 0.0943. The number of nitrogens with zero attached hydrogens (tertiary/aromatic N) is 3. The summed E-state index contributed by atoms with van der Waals surface area (Å²) in [4.78, 5) is 18.8.